The van der Waals surface area contributed by atoms with Crippen LogP contribution in [0.1, 0.15) is 43.6 Å². The van der Waals surface area contributed by atoms with Gasteiger partial charge in [0.05, 0.1) is 11.2 Å². The van der Waals surface area contributed by atoms with E-state index in [0.717, 1.165) is 38.5 Å². The Morgan fingerprint density at radius 3 is 2.22 bits per heavy atom. The van der Waals surface area contributed by atoms with Crippen LogP contribution in [0.25, 0.3) is 21.9 Å². The first-order valence-electron chi connectivity index (χ1n) is 9.26. The normalized spacial score (nSPS) is 13.6. The third-order valence-corrected chi connectivity index (χ3v) is 5.86. The summed E-state index contributed by atoms with van der Waals surface area (Å²) in [6.07, 6.45) is 0. The van der Waals surface area contributed by atoms with Gasteiger partial charge in [0.25, 0.3) is 0 Å². The van der Waals surface area contributed by atoms with Crippen molar-refractivity contribution < 1.29 is 14.6 Å². The number of carbonyl (C=O) groups excluding carboxylic acids is 1. The number of benzene rings is 3. The number of hydrogen-bond donors (Lipinski definition) is 1. The molecule has 27 heavy (non-hydrogen) atoms. The lowest BCUT2D eigenvalue weighted by molar-refractivity contribution is -0.0893. The monoisotopic (exact) mass is 358 g/mol. The molecular formula is C23H23BO3. The third kappa shape index (κ3) is 2.80. The van der Waals surface area contributed by atoms with Crippen LogP contribution in [-0.2, 0) is 4.65 Å². The minimum Gasteiger partial charge on any atom is -0.427 e. The topological polar surface area (TPSA) is 46.5 Å². The molecule has 1 aliphatic rings. The molecule has 3 aromatic rings. The second-order valence-electron chi connectivity index (χ2n) is 8.24. The van der Waals surface area contributed by atoms with Gasteiger partial charge in [0, 0.05) is 16.7 Å². The largest absolute Gasteiger partial charge is 0.427 e. The minimum atomic E-state index is -1.00. The van der Waals surface area contributed by atoms with Gasteiger partial charge in [-0.2, -0.15) is 0 Å². The summed E-state index contributed by atoms with van der Waals surface area (Å²) in [5, 5.41) is 12.6. The Balaban J connectivity index is 1.88. The second kappa shape index (κ2) is 6.05. The van der Waals surface area contributed by atoms with Crippen molar-refractivity contribution in [3.05, 3.63) is 65.7 Å². The standard InChI is InChI=1S/C23H23BO3/c1-22(2,26)23(3,4)27-24-18-13-14-9-5-6-10-15(14)19-16-11-7-8-12-17(16)21(25)20(18)19/h5-13,24,26H,1-4H3. The number of hydrogen-bond acceptors (Lipinski definition) is 3. The summed E-state index contributed by atoms with van der Waals surface area (Å²) in [6.45, 7) is 7.20. The average Bonchev–Trinajstić information content (AvgIpc) is 2.93. The molecule has 0 fully saturated rings. The Kier molecular flexibility index (Phi) is 4.02. The van der Waals surface area contributed by atoms with Gasteiger partial charge in [-0.05, 0) is 49.5 Å². The van der Waals surface area contributed by atoms with Crippen LogP contribution >= 0.6 is 0 Å². The van der Waals surface area contributed by atoms with E-state index in [1.165, 1.54) is 0 Å². The molecule has 0 amide bonds. The minimum absolute atomic E-state index is 0.0472. The van der Waals surface area contributed by atoms with E-state index in [-0.39, 0.29) is 13.3 Å². The summed E-state index contributed by atoms with van der Waals surface area (Å²) in [5.74, 6) is 0.0472. The molecule has 0 radical (unpaired) electrons. The SMILES string of the molecule is CC(C)(O)C(C)(C)OBc1cc2ccccc2c2c1C(=O)c1ccccc1-2. The van der Waals surface area contributed by atoms with Crippen LogP contribution in [0.15, 0.2) is 54.6 Å². The van der Waals surface area contributed by atoms with E-state index in [1.807, 2.05) is 56.3 Å². The second-order valence-corrected chi connectivity index (χ2v) is 8.24. The Bertz CT molecular complexity index is 1060. The summed E-state index contributed by atoms with van der Waals surface area (Å²) < 4.78 is 6.10. The fourth-order valence-electron chi connectivity index (χ4n) is 3.53. The van der Waals surface area contributed by atoms with Crippen molar-refractivity contribution in [2.45, 2.75) is 38.9 Å². The molecule has 0 spiro atoms. The first-order chi connectivity index (χ1) is 12.7. The van der Waals surface area contributed by atoms with E-state index in [9.17, 15) is 9.90 Å². The zero-order valence-corrected chi connectivity index (χ0v) is 16.2. The summed E-state index contributed by atoms with van der Waals surface area (Å²) >= 11 is 0. The number of rotatable bonds is 4. The van der Waals surface area contributed by atoms with Crippen molar-refractivity contribution in [2.75, 3.05) is 0 Å². The Morgan fingerprint density at radius 2 is 1.52 bits per heavy atom. The molecule has 3 aromatic carbocycles. The maximum Gasteiger partial charge on any atom is 0.310 e. The van der Waals surface area contributed by atoms with Crippen LogP contribution in [-0.4, -0.2) is 29.6 Å². The van der Waals surface area contributed by atoms with Gasteiger partial charge < -0.3 is 9.76 Å². The third-order valence-electron chi connectivity index (χ3n) is 5.86. The smallest absolute Gasteiger partial charge is 0.310 e. The van der Waals surface area contributed by atoms with Crippen molar-refractivity contribution in [1.29, 1.82) is 0 Å². The van der Waals surface area contributed by atoms with Gasteiger partial charge in [0.2, 0.25) is 0 Å². The molecule has 136 valence electrons. The van der Waals surface area contributed by atoms with Crippen LogP contribution in [0, 0.1) is 0 Å². The lowest BCUT2D eigenvalue weighted by atomic mass is 9.77. The molecule has 1 aliphatic carbocycles. The maximum absolute atomic E-state index is 13.2. The number of aliphatic hydroxyl groups is 1. The fraction of sp³-hybridized carbons (Fsp3) is 0.261. The van der Waals surface area contributed by atoms with E-state index in [2.05, 4.69) is 12.1 Å². The summed E-state index contributed by atoms with van der Waals surface area (Å²) in [5.41, 5.74) is 2.56. The predicted octanol–water partition coefficient (Wildman–Crippen LogP) is 3.59. The summed E-state index contributed by atoms with van der Waals surface area (Å²) in [6, 6.07) is 17.9. The van der Waals surface area contributed by atoms with Crippen LogP contribution in [0.3, 0.4) is 0 Å². The summed E-state index contributed by atoms with van der Waals surface area (Å²) in [7, 11) is 0.268. The predicted molar refractivity (Wildman–Crippen MR) is 111 cm³/mol. The Morgan fingerprint density at radius 1 is 0.889 bits per heavy atom. The molecule has 0 unspecified atom stereocenters. The highest BCUT2D eigenvalue weighted by Gasteiger charge is 2.37. The zero-order chi connectivity index (χ0) is 19.4. The highest BCUT2D eigenvalue weighted by Crippen LogP contribution is 2.40. The highest BCUT2D eigenvalue weighted by atomic mass is 16.5. The first kappa shape index (κ1) is 18.0. The molecule has 0 saturated heterocycles. The molecule has 3 nitrogen and oxygen atoms in total. The van der Waals surface area contributed by atoms with Crippen molar-refractivity contribution in [1.82, 2.24) is 0 Å². The van der Waals surface area contributed by atoms with Crippen molar-refractivity contribution in [3.63, 3.8) is 0 Å². The Hall–Kier alpha value is -2.43. The lowest BCUT2D eigenvalue weighted by Gasteiger charge is -2.37. The molecule has 0 bridgehead atoms. The van der Waals surface area contributed by atoms with Crippen LogP contribution in [0.4, 0.5) is 0 Å². The number of carbonyl (C=O) groups is 1. The average molecular weight is 358 g/mol. The maximum atomic E-state index is 13.2. The van der Waals surface area contributed by atoms with E-state index >= 15 is 0 Å². The number of fused-ring (bicyclic) bond motifs is 5. The van der Waals surface area contributed by atoms with E-state index < -0.39 is 11.2 Å². The molecule has 0 aliphatic heterocycles. The van der Waals surface area contributed by atoms with Crippen LogP contribution in [0.5, 0.6) is 0 Å². The Labute approximate surface area is 160 Å². The van der Waals surface area contributed by atoms with E-state index in [4.69, 9.17) is 4.65 Å². The van der Waals surface area contributed by atoms with E-state index in [0.29, 0.717) is 0 Å². The molecule has 4 rings (SSSR count). The van der Waals surface area contributed by atoms with Gasteiger partial charge in [-0.15, -0.1) is 0 Å². The number of ketones is 1. The van der Waals surface area contributed by atoms with Gasteiger partial charge in [0.15, 0.2) is 5.78 Å². The molecule has 0 aromatic heterocycles. The lowest BCUT2D eigenvalue weighted by Crippen LogP contribution is -2.49. The van der Waals surface area contributed by atoms with Gasteiger partial charge >= 0.3 is 7.48 Å². The van der Waals surface area contributed by atoms with Crippen molar-refractivity contribution in [3.8, 4) is 11.1 Å². The molecule has 0 atom stereocenters. The van der Waals surface area contributed by atoms with Gasteiger partial charge in [-0.1, -0.05) is 54.6 Å². The van der Waals surface area contributed by atoms with Gasteiger partial charge in [0.1, 0.15) is 0 Å². The quantitative estimate of drug-likeness (QED) is 0.567. The van der Waals surface area contributed by atoms with Crippen molar-refractivity contribution in [2.24, 2.45) is 0 Å². The molecule has 1 N–H and O–H groups in total. The fourth-order valence-corrected chi connectivity index (χ4v) is 3.53. The first-order valence-corrected chi connectivity index (χ1v) is 9.26. The van der Waals surface area contributed by atoms with E-state index in [1.54, 1.807) is 13.8 Å². The van der Waals surface area contributed by atoms with Gasteiger partial charge in [-0.3, -0.25) is 4.79 Å². The van der Waals surface area contributed by atoms with Crippen molar-refractivity contribution >= 4 is 29.5 Å². The zero-order valence-electron chi connectivity index (χ0n) is 16.2. The molecular weight excluding hydrogens is 335 g/mol. The van der Waals surface area contributed by atoms with Crippen LogP contribution in [0.2, 0.25) is 0 Å². The van der Waals surface area contributed by atoms with Gasteiger partial charge in [-0.25, -0.2) is 0 Å². The van der Waals surface area contributed by atoms with Crippen LogP contribution < -0.4 is 5.46 Å². The molecule has 0 saturated carbocycles. The highest BCUT2D eigenvalue weighted by molar-refractivity contribution is 6.52. The molecule has 4 heteroatoms. The molecule has 0 heterocycles. The summed E-state index contributed by atoms with van der Waals surface area (Å²) in [4.78, 5) is 13.2.